The number of carboxylic acid groups (broad SMARTS) is 1. The smallest absolute Gasteiger partial charge is 0.335 e. The van der Waals surface area contributed by atoms with Crippen LogP contribution in [0.5, 0.6) is 0 Å². The number of anilines is 1. The molecule has 0 spiro atoms. The Balaban J connectivity index is 2.11. The first-order valence-electron chi connectivity index (χ1n) is 5.68. The number of carbonyl (C=O) groups is 1. The van der Waals surface area contributed by atoms with Crippen LogP contribution in [-0.4, -0.2) is 11.1 Å². The average molecular weight is 342 g/mol. The van der Waals surface area contributed by atoms with Crippen LogP contribution in [0.2, 0.25) is 0 Å². The molecule has 0 bridgehead atoms. The lowest BCUT2D eigenvalue weighted by Crippen LogP contribution is -2.04. The Morgan fingerprint density at radius 2 is 1.70 bits per heavy atom. The molecule has 0 radical (unpaired) electrons. The molecule has 0 saturated carbocycles. The van der Waals surface area contributed by atoms with Crippen molar-refractivity contribution in [3.8, 4) is 0 Å². The van der Waals surface area contributed by atoms with E-state index in [-0.39, 0.29) is 17.8 Å². The lowest BCUT2D eigenvalue weighted by Gasteiger charge is -2.09. The normalized spacial score (nSPS) is 10.3. The summed E-state index contributed by atoms with van der Waals surface area (Å²) in [7, 11) is 0. The fourth-order valence-corrected chi connectivity index (χ4v) is 2.07. The van der Waals surface area contributed by atoms with Gasteiger partial charge in [0.1, 0.15) is 17.3 Å². The standard InChI is InChI=1S/C14H10BrF2NO2/c15-10-5-11(16)13(12(17)6-10)18-7-8-1-3-9(4-2-8)14(19)20/h1-6,18H,7H2,(H,19,20). The van der Waals surface area contributed by atoms with Crippen molar-refractivity contribution < 1.29 is 18.7 Å². The zero-order valence-corrected chi connectivity index (χ0v) is 11.7. The maximum atomic E-state index is 13.6. The molecular formula is C14H10BrF2NO2. The molecule has 0 fully saturated rings. The lowest BCUT2D eigenvalue weighted by molar-refractivity contribution is 0.0697. The van der Waals surface area contributed by atoms with Crippen LogP contribution in [0.15, 0.2) is 40.9 Å². The van der Waals surface area contributed by atoms with Gasteiger partial charge in [0.25, 0.3) is 0 Å². The Hall–Kier alpha value is -1.95. The van der Waals surface area contributed by atoms with Gasteiger partial charge in [-0.15, -0.1) is 0 Å². The van der Waals surface area contributed by atoms with Crippen LogP contribution in [0.4, 0.5) is 14.5 Å². The van der Waals surface area contributed by atoms with Crippen LogP contribution >= 0.6 is 15.9 Å². The van der Waals surface area contributed by atoms with E-state index in [1.54, 1.807) is 12.1 Å². The first-order chi connectivity index (χ1) is 9.47. The molecule has 2 N–H and O–H groups in total. The van der Waals surface area contributed by atoms with Crippen molar-refractivity contribution in [2.75, 3.05) is 5.32 Å². The first kappa shape index (κ1) is 14.5. The summed E-state index contributed by atoms with van der Waals surface area (Å²) < 4.78 is 27.5. The van der Waals surface area contributed by atoms with Gasteiger partial charge < -0.3 is 10.4 Å². The maximum Gasteiger partial charge on any atom is 0.335 e. The number of benzene rings is 2. The quantitative estimate of drug-likeness (QED) is 0.882. The van der Waals surface area contributed by atoms with Crippen molar-refractivity contribution in [2.45, 2.75) is 6.54 Å². The van der Waals surface area contributed by atoms with Gasteiger partial charge in [-0.3, -0.25) is 0 Å². The minimum atomic E-state index is -1.02. The van der Waals surface area contributed by atoms with Crippen molar-refractivity contribution in [3.05, 3.63) is 63.6 Å². The summed E-state index contributed by atoms with van der Waals surface area (Å²) in [4.78, 5) is 10.7. The number of hydrogen-bond acceptors (Lipinski definition) is 2. The van der Waals surface area contributed by atoms with Crippen molar-refractivity contribution in [1.29, 1.82) is 0 Å². The van der Waals surface area contributed by atoms with Crippen LogP contribution in [-0.2, 0) is 6.54 Å². The molecule has 0 aliphatic rings. The molecule has 104 valence electrons. The highest BCUT2D eigenvalue weighted by molar-refractivity contribution is 9.10. The van der Waals surface area contributed by atoms with Crippen molar-refractivity contribution in [3.63, 3.8) is 0 Å². The molecule has 2 rings (SSSR count). The number of rotatable bonds is 4. The molecule has 2 aromatic rings. The predicted octanol–water partition coefficient (Wildman–Crippen LogP) is 4.04. The molecule has 0 unspecified atom stereocenters. The van der Waals surface area contributed by atoms with Gasteiger partial charge in [-0.1, -0.05) is 28.1 Å². The monoisotopic (exact) mass is 341 g/mol. The minimum Gasteiger partial charge on any atom is -0.478 e. The number of carboxylic acids is 1. The summed E-state index contributed by atoms with van der Waals surface area (Å²) in [5, 5.41) is 11.4. The zero-order valence-electron chi connectivity index (χ0n) is 10.2. The minimum absolute atomic E-state index is 0.162. The van der Waals surface area contributed by atoms with Gasteiger partial charge in [0.05, 0.1) is 5.56 Å². The molecule has 0 aliphatic heterocycles. The summed E-state index contributed by atoms with van der Waals surface area (Å²) in [5.74, 6) is -2.41. The second-order valence-electron chi connectivity index (χ2n) is 4.10. The number of nitrogens with one attached hydrogen (secondary N) is 1. The summed E-state index contributed by atoms with van der Waals surface area (Å²) in [6, 6.07) is 8.38. The van der Waals surface area contributed by atoms with Gasteiger partial charge in [-0.2, -0.15) is 0 Å². The average Bonchev–Trinajstić information content (AvgIpc) is 2.38. The molecule has 0 heterocycles. The molecule has 0 amide bonds. The third-order valence-corrected chi connectivity index (χ3v) is 3.13. The van der Waals surface area contributed by atoms with E-state index in [0.29, 0.717) is 4.47 Å². The molecule has 2 aromatic carbocycles. The van der Waals surface area contributed by atoms with E-state index in [1.807, 2.05) is 0 Å². The van der Waals surface area contributed by atoms with E-state index in [1.165, 1.54) is 24.3 Å². The predicted molar refractivity (Wildman–Crippen MR) is 74.8 cm³/mol. The highest BCUT2D eigenvalue weighted by Gasteiger charge is 2.10. The first-order valence-corrected chi connectivity index (χ1v) is 6.47. The van der Waals surface area contributed by atoms with Crippen LogP contribution < -0.4 is 5.32 Å². The molecule has 0 atom stereocenters. The van der Waals surface area contributed by atoms with Crippen molar-refractivity contribution in [1.82, 2.24) is 0 Å². The second-order valence-corrected chi connectivity index (χ2v) is 5.02. The molecule has 0 aromatic heterocycles. The maximum absolute atomic E-state index is 13.6. The van der Waals surface area contributed by atoms with E-state index in [4.69, 9.17) is 5.11 Å². The van der Waals surface area contributed by atoms with Crippen molar-refractivity contribution in [2.24, 2.45) is 0 Å². The fourth-order valence-electron chi connectivity index (χ4n) is 1.67. The Bertz CT molecular complexity index is 621. The fraction of sp³-hybridized carbons (Fsp3) is 0.0714. The number of hydrogen-bond donors (Lipinski definition) is 2. The van der Waals surface area contributed by atoms with Gasteiger partial charge >= 0.3 is 5.97 Å². The van der Waals surface area contributed by atoms with Gasteiger partial charge in [-0.25, -0.2) is 13.6 Å². The van der Waals surface area contributed by atoms with E-state index in [9.17, 15) is 13.6 Å². The number of halogens is 3. The lowest BCUT2D eigenvalue weighted by atomic mass is 10.1. The molecule has 3 nitrogen and oxygen atoms in total. The third kappa shape index (κ3) is 3.33. The summed E-state index contributed by atoms with van der Waals surface area (Å²) in [5.41, 5.74) is 0.669. The summed E-state index contributed by atoms with van der Waals surface area (Å²) in [6.45, 7) is 0.190. The highest BCUT2D eigenvalue weighted by atomic mass is 79.9. The summed E-state index contributed by atoms with van der Waals surface area (Å²) >= 11 is 3.00. The molecule has 6 heteroatoms. The van der Waals surface area contributed by atoms with E-state index < -0.39 is 17.6 Å². The Morgan fingerprint density at radius 1 is 1.15 bits per heavy atom. The SMILES string of the molecule is O=C(O)c1ccc(CNc2c(F)cc(Br)cc2F)cc1. The van der Waals surface area contributed by atoms with Gasteiger partial charge in [-0.05, 0) is 29.8 Å². The summed E-state index contributed by atoms with van der Waals surface area (Å²) in [6.07, 6.45) is 0. The molecular weight excluding hydrogens is 332 g/mol. The van der Waals surface area contributed by atoms with Crippen LogP contribution in [0.25, 0.3) is 0 Å². The zero-order chi connectivity index (χ0) is 14.7. The van der Waals surface area contributed by atoms with Crippen LogP contribution in [0, 0.1) is 11.6 Å². The topological polar surface area (TPSA) is 49.3 Å². The largest absolute Gasteiger partial charge is 0.478 e. The van der Waals surface area contributed by atoms with Gasteiger partial charge in [0.15, 0.2) is 0 Å². The van der Waals surface area contributed by atoms with E-state index in [0.717, 1.165) is 5.56 Å². The van der Waals surface area contributed by atoms with Crippen LogP contribution in [0.3, 0.4) is 0 Å². The molecule has 20 heavy (non-hydrogen) atoms. The molecule has 0 aliphatic carbocycles. The third-order valence-electron chi connectivity index (χ3n) is 2.68. The molecule has 0 saturated heterocycles. The van der Waals surface area contributed by atoms with E-state index in [2.05, 4.69) is 21.2 Å². The van der Waals surface area contributed by atoms with Gasteiger partial charge in [0.2, 0.25) is 0 Å². The van der Waals surface area contributed by atoms with Crippen LogP contribution in [0.1, 0.15) is 15.9 Å². The number of aromatic carboxylic acids is 1. The Labute approximate surface area is 122 Å². The Morgan fingerprint density at radius 3 is 2.20 bits per heavy atom. The van der Waals surface area contributed by atoms with Gasteiger partial charge in [0, 0.05) is 11.0 Å². The van der Waals surface area contributed by atoms with Crippen molar-refractivity contribution >= 4 is 27.6 Å². The van der Waals surface area contributed by atoms with E-state index >= 15 is 0 Å². The highest BCUT2D eigenvalue weighted by Crippen LogP contribution is 2.24. The Kier molecular flexibility index (Phi) is 4.34. The second kappa shape index (κ2) is 6.00.